The second-order valence-electron chi connectivity index (χ2n) is 2.28. The van der Waals surface area contributed by atoms with E-state index in [1.54, 1.807) is 0 Å². The number of carbonyl (C=O) groups excluding carboxylic acids is 1. The van der Waals surface area contributed by atoms with Gasteiger partial charge in [-0.3, -0.25) is 0 Å². The zero-order valence-corrected chi connectivity index (χ0v) is 11.0. The van der Waals surface area contributed by atoms with Gasteiger partial charge < -0.3 is 9.47 Å². The summed E-state index contributed by atoms with van der Waals surface area (Å²) in [6.45, 7) is 4.61. The molecule has 78 valence electrons. The molecule has 3 nitrogen and oxygen atoms in total. The summed E-state index contributed by atoms with van der Waals surface area (Å²) < 4.78 is 9.02. The Hall–Kier alpha value is -0.773. The maximum Gasteiger partial charge on any atom is 0.333 e. The molecular weight excluding hydrogens is 184 g/mol. The minimum absolute atomic E-state index is 0.400. The van der Waals surface area contributed by atoms with Crippen LogP contribution in [0.1, 0.15) is 20.3 Å². The minimum atomic E-state index is -0.400. The van der Waals surface area contributed by atoms with Gasteiger partial charge in [0.15, 0.2) is 0 Å². The summed E-state index contributed by atoms with van der Waals surface area (Å²) in [6, 6.07) is 1.46. The van der Waals surface area contributed by atoms with E-state index in [1.165, 1.54) is 42.2 Å². The van der Waals surface area contributed by atoms with Crippen molar-refractivity contribution in [2.75, 3.05) is 13.7 Å². The molecular formula is C9H20O3Si. The highest BCUT2D eigenvalue weighted by Gasteiger charge is 1.87. The van der Waals surface area contributed by atoms with E-state index in [0.717, 1.165) is 0 Å². The Bertz CT molecular complexity index is 133. The van der Waals surface area contributed by atoms with E-state index in [4.69, 9.17) is 4.74 Å². The third-order valence-electron chi connectivity index (χ3n) is 1.17. The van der Waals surface area contributed by atoms with Crippen molar-refractivity contribution in [3.63, 3.8) is 0 Å². The third kappa shape index (κ3) is 18.3. The van der Waals surface area contributed by atoms with Crippen LogP contribution in [0.2, 0.25) is 6.04 Å². The number of rotatable bonds is 4. The summed E-state index contributed by atoms with van der Waals surface area (Å²) in [5, 5.41) is 0. The molecule has 0 heterocycles. The molecule has 0 fully saturated rings. The summed E-state index contributed by atoms with van der Waals surface area (Å²) in [6.07, 6.45) is 3.92. The zero-order chi connectivity index (χ0) is 10.5. The van der Waals surface area contributed by atoms with Gasteiger partial charge in [0, 0.05) is 10.2 Å². The molecule has 0 aliphatic carbocycles. The second-order valence-corrected chi connectivity index (χ2v) is 3.28. The van der Waals surface area contributed by atoms with Gasteiger partial charge in [-0.2, -0.15) is 0 Å². The summed E-state index contributed by atoms with van der Waals surface area (Å²) in [5.41, 5.74) is 0. The molecule has 0 spiro atoms. The van der Waals surface area contributed by atoms with Crippen LogP contribution in [-0.4, -0.2) is 29.9 Å². The van der Waals surface area contributed by atoms with Crippen molar-refractivity contribution in [2.45, 2.75) is 26.3 Å². The van der Waals surface area contributed by atoms with Gasteiger partial charge in [-0.15, -0.1) is 0 Å². The van der Waals surface area contributed by atoms with E-state index in [2.05, 4.69) is 11.7 Å². The smallest absolute Gasteiger partial charge is 0.333 e. The topological polar surface area (TPSA) is 35.5 Å². The fourth-order valence-electron chi connectivity index (χ4n) is 0.268. The Balaban J connectivity index is 0. The largest absolute Gasteiger partial charge is 0.501 e. The fourth-order valence-corrected chi connectivity index (χ4v) is 0.268. The lowest BCUT2D eigenvalue weighted by Gasteiger charge is -1.91. The van der Waals surface area contributed by atoms with Gasteiger partial charge in [-0.05, 0) is 6.92 Å². The highest BCUT2D eigenvalue weighted by Crippen LogP contribution is 1.79. The van der Waals surface area contributed by atoms with E-state index in [9.17, 15) is 4.79 Å². The molecule has 0 aliphatic rings. The molecule has 0 amide bonds. The molecule has 0 aromatic rings. The van der Waals surface area contributed by atoms with E-state index < -0.39 is 5.97 Å². The van der Waals surface area contributed by atoms with Gasteiger partial charge in [-0.1, -0.05) is 19.4 Å². The lowest BCUT2D eigenvalue weighted by atomic mass is 10.6. The number of esters is 1. The first-order chi connectivity index (χ1) is 6.22. The van der Waals surface area contributed by atoms with Crippen LogP contribution >= 0.6 is 0 Å². The normalized spacial score (nSPS) is 9.15. The summed E-state index contributed by atoms with van der Waals surface area (Å²) in [5.74, 6) is -0.400. The van der Waals surface area contributed by atoms with Crippen LogP contribution in [0.3, 0.4) is 0 Å². The van der Waals surface area contributed by atoms with Crippen molar-refractivity contribution in [3.05, 3.63) is 12.3 Å². The summed E-state index contributed by atoms with van der Waals surface area (Å²) in [7, 11) is 2.71. The average Bonchev–Trinajstić information content (AvgIpc) is 2.18. The van der Waals surface area contributed by atoms with Crippen molar-refractivity contribution in [1.29, 1.82) is 0 Å². The van der Waals surface area contributed by atoms with Crippen LogP contribution in [0.25, 0.3) is 0 Å². The molecule has 0 bridgehead atoms. The lowest BCUT2D eigenvalue weighted by Crippen LogP contribution is -1.94. The van der Waals surface area contributed by atoms with Crippen LogP contribution in [0.4, 0.5) is 0 Å². The fraction of sp³-hybridized carbons (Fsp3) is 0.667. The molecule has 0 rings (SSSR count). The summed E-state index contributed by atoms with van der Waals surface area (Å²) >= 11 is 0. The monoisotopic (exact) mass is 204 g/mol. The van der Waals surface area contributed by atoms with Crippen molar-refractivity contribution < 1.29 is 14.3 Å². The first-order valence-corrected chi connectivity index (χ1v) is 6.00. The molecule has 0 N–H and O–H groups in total. The van der Waals surface area contributed by atoms with Gasteiger partial charge in [0.2, 0.25) is 0 Å². The Morgan fingerprint density at radius 1 is 1.46 bits per heavy atom. The first-order valence-electron chi connectivity index (χ1n) is 4.58. The first kappa shape index (κ1) is 14.7. The van der Waals surface area contributed by atoms with Gasteiger partial charge in [0.1, 0.15) is 0 Å². The van der Waals surface area contributed by atoms with Gasteiger partial charge in [0.25, 0.3) is 0 Å². The van der Waals surface area contributed by atoms with Crippen LogP contribution in [0, 0.1) is 0 Å². The molecule has 0 unspecified atom stereocenters. The molecule has 0 aliphatic heterocycles. The van der Waals surface area contributed by atoms with Crippen LogP contribution in [0.15, 0.2) is 12.3 Å². The van der Waals surface area contributed by atoms with Crippen LogP contribution in [-0.2, 0) is 14.3 Å². The maximum absolute atomic E-state index is 10.3. The average molecular weight is 204 g/mol. The van der Waals surface area contributed by atoms with Crippen LogP contribution < -0.4 is 0 Å². The van der Waals surface area contributed by atoms with E-state index in [0.29, 0.717) is 6.61 Å². The van der Waals surface area contributed by atoms with Crippen LogP contribution in [0.5, 0.6) is 0 Å². The quantitative estimate of drug-likeness (QED) is 0.295. The van der Waals surface area contributed by atoms with Gasteiger partial charge in [-0.25, -0.2) is 4.79 Å². The predicted molar refractivity (Wildman–Crippen MR) is 57.8 cm³/mol. The molecule has 0 saturated carbocycles. The summed E-state index contributed by atoms with van der Waals surface area (Å²) in [4.78, 5) is 10.3. The van der Waals surface area contributed by atoms with Gasteiger partial charge >= 0.3 is 5.97 Å². The molecule has 0 saturated heterocycles. The molecule has 4 heteroatoms. The standard InChI is InChI=1S/C6H10O3.C3H10Si/c1-3-9-5-4-6(7)8-2;1-2-3-4/h4-5H,3H2,1-2H3;2-3H2,1,4H3. The minimum Gasteiger partial charge on any atom is -0.501 e. The maximum atomic E-state index is 10.3. The highest BCUT2D eigenvalue weighted by molar-refractivity contribution is 6.08. The molecule has 0 aromatic heterocycles. The zero-order valence-electron chi connectivity index (χ0n) is 9.00. The van der Waals surface area contributed by atoms with Gasteiger partial charge in [0.05, 0.1) is 26.1 Å². The number of hydrogen-bond acceptors (Lipinski definition) is 3. The van der Waals surface area contributed by atoms with E-state index >= 15 is 0 Å². The van der Waals surface area contributed by atoms with Crippen molar-refractivity contribution >= 4 is 16.2 Å². The molecule has 0 atom stereocenters. The molecule has 13 heavy (non-hydrogen) atoms. The third-order valence-corrected chi connectivity index (χ3v) is 2.17. The second kappa shape index (κ2) is 13.8. The Morgan fingerprint density at radius 3 is 2.31 bits per heavy atom. The molecule has 0 radical (unpaired) electrons. The Labute approximate surface area is 83.5 Å². The number of carbonyl (C=O) groups is 1. The Morgan fingerprint density at radius 2 is 2.00 bits per heavy atom. The Kier molecular flexibility index (Phi) is 15.6. The number of ether oxygens (including phenoxy) is 2. The molecule has 0 aromatic carbocycles. The van der Waals surface area contributed by atoms with E-state index in [1.807, 2.05) is 6.92 Å². The number of hydrogen-bond donors (Lipinski definition) is 0. The SMILES string of the molecule is CCC[SiH3].CCOC=CC(=O)OC. The van der Waals surface area contributed by atoms with Crippen molar-refractivity contribution in [3.8, 4) is 0 Å². The number of methoxy groups -OCH3 is 1. The van der Waals surface area contributed by atoms with E-state index in [-0.39, 0.29) is 0 Å². The lowest BCUT2D eigenvalue weighted by molar-refractivity contribution is -0.134. The predicted octanol–water partition coefficient (Wildman–Crippen LogP) is 0.890. The highest BCUT2D eigenvalue weighted by atomic mass is 28.1. The van der Waals surface area contributed by atoms with Crippen molar-refractivity contribution in [1.82, 2.24) is 0 Å². The van der Waals surface area contributed by atoms with Crippen molar-refractivity contribution in [2.24, 2.45) is 0 Å².